The average molecular weight is 196 g/mol. The average Bonchev–Trinajstić information content (AvgIpc) is 2.51. The summed E-state index contributed by atoms with van der Waals surface area (Å²) in [5, 5.41) is 0.816. The van der Waals surface area contributed by atoms with Crippen LogP contribution in [0.4, 0.5) is 0 Å². The van der Waals surface area contributed by atoms with Gasteiger partial charge in [0.2, 0.25) is 0 Å². The van der Waals surface area contributed by atoms with E-state index in [2.05, 4.69) is 6.07 Å². The molecule has 1 saturated carbocycles. The normalized spacial score (nSPS) is 27.8. The van der Waals surface area contributed by atoms with Gasteiger partial charge in [-0.25, -0.2) is 0 Å². The predicted octanol–water partition coefficient (Wildman–Crippen LogP) is 2.93. The van der Waals surface area contributed by atoms with Crippen LogP contribution >= 0.6 is 11.6 Å². The number of halogens is 1. The molecule has 13 heavy (non-hydrogen) atoms. The third kappa shape index (κ3) is 1.87. The molecule has 2 rings (SSSR count). The van der Waals surface area contributed by atoms with Crippen molar-refractivity contribution in [3.05, 3.63) is 34.9 Å². The summed E-state index contributed by atoms with van der Waals surface area (Å²) >= 11 is 5.93. The van der Waals surface area contributed by atoms with Gasteiger partial charge in [-0.05, 0) is 36.5 Å². The molecule has 0 amide bonds. The Morgan fingerprint density at radius 3 is 2.77 bits per heavy atom. The summed E-state index contributed by atoms with van der Waals surface area (Å²) in [5.74, 6) is 0.527. The Hall–Kier alpha value is -0.530. The van der Waals surface area contributed by atoms with E-state index in [0.717, 1.165) is 11.4 Å². The van der Waals surface area contributed by atoms with Gasteiger partial charge in [-0.1, -0.05) is 30.2 Å². The van der Waals surface area contributed by atoms with Gasteiger partial charge in [0.15, 0.2) is 0 Å². The quantitative estimate of drug-likeness (QED) is 0.733. The van der Waals surface area contributed by atoms with Crippen LogP contribution in [0.15, 0.2) is 24.3 Å². The SMILES string of the molecule is N[C@H]1CCC[C@@H]1c1cccc(Cl)c1. The van der Waals surface area contributed by atoms with Crippen molar-refractivity contribution >= 4 is 11.6 Å². The lowest BCUT2D eigenvalue weighted by molar-refractivity contribution is 0.613. The van der Waals surface area contributed by atoms with Gasteiger partial charge < -0.3 is 5.73 Å². The molecule has 1 aromatic carbocycles. The number of rotatable bonds is 1. The highest BCUT2D eigenvalue weighted by Gasteiger charge is 2.25. The van der Waals surface area contributed by atoms with Crippen molar-refractivity contribution in [2.45, 2.75) is 31.2 Å². The Bertz CT molecular complexity index is 298. The Labute approximate surface area is 83.9 Å². The fraction of sp³-hybridized carbons (Fsp3) is 0.455. The second kappa shape index (κ2) is 3.69. The maximum Gasteiger partial charge on any atom is 0.0408 e. The molecule has 1 aromatic rings. The monoisotopic (exact) mass is 195 g/mol. The number of nitrogens with two attached hydrogens (primary N) is 1. The fourth-order valence-corrected chi connectivity index (χ4v) is 2.34. The topological polar surface area (TPSA) is 26.0 Å². The van der Waals surface area contributed by atoms with Crippen LogP contribution in [-0.2, 0) is 0 Å². The van der Waals surface area contributed by atoms with Crippen molar-refractivity contribution < 1.29 is 0 Å². The van der Waals surface area contributed by atoms with Crippen LogP contribution < -0.4 is 5.73 Å². The van der Waals surface area contributed by atoms with Gasteiger partial charge >= 0.3 is 0 Å². The van der Waals surface area contributed by atoms with Gasteiger partial charge in [0.25, 0.3) is 0 Å². The molecule has 1 fully saturated rings. The van der Waals surface area contributed by atoms with Crippen molar-refractivity contribution in [1.29, 1.82) is 0 Å². The summed E-state index contributed by atoms with van der Waals surface area (Å²) in [6, 6.07) is 8.41. The molecule has 0 spiro atoms. The van der Waals surface area contributed by atoms with Gasteiger partial charge in [0.05, 0.1) is 0 Å². The zero-order chi connectivity index (χ0) is 9.26. The van der Waals surface area contributed by atoms with E-state index in [1.54, 1.807) is 0 Å². The van der Waals surface area contributed by atoms with E-state index in [9.17, 15) is 0 Å². The van der Waals surface area contributed by atoms with Gasteiger partial charge in [-0.2, -0.15) is 0 Å². The molecule has 2 atom stereocenters. The molecule has 0 radical (unpaired) electrons. The fourth-order valence-electron chi connectivity index (χ4n) is 2.14. The predicted molar refractivity (Wildman–Crippen MR) is 56.0 cm³/mol. The standard InChI is InChI=1S/C11H14ClN/c12-9-4-1-3-8(7-9)10-5-2-6-11(10)13/h1,3-4,7,10-11H,2,5-6,13H2/t10-,11+/m1/s1. The highest BCUT2D eigenvalue weighted by molar-refractivity contribution is 6.30. The Morgan fingerprint density at radius 2 is 2.15 bits per heavy atom. The third-order valence-electron chi connectivity index (χ3n) is 2.85. The second-order valence-corrected chi connectivity index (χ2v) is 4.19. The van der Waals surface area contributed by atoms with Crippen molar-refractivity contribution in [3.63, 3.8) is 0 Å². The molecule has 2 N–H and O–H groups in total. The number of benzene rings is 1. The minimum absolute atomic E-state index is 0.332. The molecule has 0 aromatic heterocycles. The molecule has 70 valence electrons. The summed E-state index contributed by atoms with van der Waals surface area (Å²) in [6.07, 6.45) is 3.61. The van der Waals surface area contributed by atoms with Gasteiger partial charge in [-0.15, -0.1) is 0 Å². The highest BCUT2D eigenvalue weighted by Crippen LogP contribution is 2.33. The van der Waals surface area contributed by atoms with Crippen molar-refractivity contribution in [3.8, 4) is 0 Å². The van der Waals surface area contributed by atoms with Crippen LogP contribution in [0.2, 0.25) is 5.02 Å². The highest BCUT2D eigenvalue weighted by atomic mass is 35.5. The van der Waals surface area contributed by atoms with Gasteiger partial charge in [0.1, 0.15) is 0 Å². The Kier molecular flexibility index (Phi) is 2.56. The molecule has 0 bridgehead atoms. The van der Waals surface area contributed by atoms with Crippen molar-refractivity contribution in [2.24, 2.45) is 5.73 Å². The molecule has 0 aliphatic heterocycles. The molecule has 1 aliphatic carbocycles. The van der Waals surface area contributed by atoms with Crippen LogP contribution in [0.1, 0.15) is 30.7 Å². The first kappa shape index (κ1) is 9.04. The zero-order valence-corrected chi connectivity index (χ0v) is 8.30. The first-order valence-corrected chi connectivity index (χ1v) is 5.16. The molecule has 0 saturated heterocycles. The molecule has 0 heterocycles. The Balaban J connectivity index is 2.24. The lowest BCUT2D eigenvalue weighted by Gasteiger charge is -2.15. The Morgan fingerprint density at radius 1 is 1.31 bits per heavy atom. The van der Waals surface area contributed by atoms with Gasteiger partial charge in [0, 0.05) is 11.1 Å². The summed E-state index contributed by atoms with van der Waals surface area (Å²) < 4.78 is 0. The van der Waals surface area contributed by atoms with E-state index in [0.29, 0.717) is 12.0 Å². The van der Waals surface area contributed by atoms with E-state index in [1.807, 2.05) is 18.2 Å². The summed E-state index contributed by atoms with van der Waals surface area (Å²) in [4.78, 5) is 0. The van der Waals surface area contributed by atoms with Crippen LogP contribution in [-0.4, -0.2) is 6.04 Å². The number of hydrogen-bond donors (Lipinski definition) is 1. The first-order chi connectivity index (χ1) is 6.27. The van der Waals surface area contributed by atoms with Crippen LogP contribution in [0.5, 0.6) is 0 Å². The van der Waals surface area contributed by atoms with E-state index in [4.69, 9.17) is 17.3 Å². The lowest BCUT2D eigenvalue weighted by Crippen LogP contribution is -2.22. The van der Waals surface area contributed by atoms with Crippen LogP contribution in [0, 0.1) is 0 Å². The van der Waals surface area contributed by atoms with E-state index >= 15 is 0 Å². The van der Waals surface area contributed by atoms with E-state index < -0.39 is 0 Å². The largest absolute Gasteiger partial charge is 0.327 e. The first-order valence-electron chi connectivity index (χ1n) is 4.78. The molecular formula is C11H14ClN. The zero-order valence-electron chi connectivity index (χ0n) is 7.54. The second-order valence-electron chi connectivity index (χ2n) is 3.76. The minimum Gasteiger partial charge on any atom is -0.327 e. The van der Waals surface area contributed by atoms with Crippen molar-refractivity contribution in [1.82, 2.24) is 0 Å². The maximum absolute atomic E-state index is 6.02. The molecule has 1 nitrogen and oxygen atoms in total. The van der Waals surface area contributed by atoms with E-state index in [1.165, 1.54) is 18.4 Å². The van der Waals surface area contributed by atoms with Crippen LogP contribution in [0.3, 0.4) is 0 Å². The van der Waals surface area contributed by atoms with E-state index in [-0.39, 0.29) is 0 Å². The van der Waals surface area contributed by atoms with Crippen molar-refractivity contribution in [2.75, 3.05) is 0 Å². The molecule has 2 heteroatoms. The molecule has 1 aliphatic rings. The number of hydrogen-bond acceptors (Lipinski definition) is 1. The third-order valence-corrected chi connectivity index (χ3v) is 3.08. The summed E-state index contributed by atoms with van der Waals surface area (Å²) in [5.41, 5.74) is 7.32. The minimum atomic E-state index is 0.332. The summed E-state index contributed by atoms with van der Waals surface area (Å²) in [6.45, 7) is 0. The maximum atomic E-state index is 6.02. The lowest BCUT2D eigenvalue weighted by atomic mass is 9.95. The molecule has 0 unspecified atom stereocenters. The van der Waals surface area contributed by atoms with Gasteiger partial charge in [-0.3, -0.25) is 0 Å². The smallest absolute Gasteiger partial charge is 0.0408 e. The molecular weight excluding hydrogens is 182 g/mol. The summed E-state index contributed by atoms with van der Waals surface area (Å²) in [7, 11) is 0. The van der Waals surface area contributed by atoms with Crippen LogP contribution in [0.25, 0.3) is 0 Å².